The molecule has 0 spiro atoms. The van der Waals surface area contributed by atoms with Crippen LogP contribution in [0.3, 0.4) is 0 Å². The number of benzene rings is 3. The van der Waals surface area contributed by atoms with Crippen molar-refractivity contribution in [2.75, 3.05) is 0 Å². The minimum absolute atomic E-state index is 0.153. The molecule has 0 bridgehead atoms. The van der Waals surface area contributed by atoms with Gasteiger partial charge >= 0.3 is 0 Å². The summed E-state index contributed by atoms with van der Waals surface area (Å²) in [5, 5.41) is 4.39. The van der Waals surface area contributed by atoms with E-state index >= 15 is 0 Å². The molecular weight excluding hydrogens is 372 g/mol. The molecule has 0 aliphatic carbocycles. The third-order valence-electron chi connectivity index (χ3n) is 3.92. The van der Waals surface area contributed by atoms with Gasteiger partial charge in [0.05, 0.1) is 11.2 Å². The van der Waals surface area contributed by atoms with E-state index in [0.29, 0.717) is 16.1 Å². The number of hydrogen-bond acceptors (Lipinski definition) is 3. The van der Waals surface area contributed by atoms with Crippen molar-refractivity contribution in [3.63, 3.8) is 0 Å². The first-order valence-corrected chi connectivity index (χ1v) is 8.97. The average Bonchev–Trinajstić information content (AvgIpc) is 2.74. The number of nitrogens with zero attached hydrogens (tertiary/aromatic N) is 1. The number of nitrogens with one attached hydrogen (secondary N) is 1. The summed E-state index contributed by atoms with van der Waals surface area (Å²) < 4.78 is 0. The molecule has 0 heterocycles. The van der Waals surface area contributed by atoms with Gasteiger partial charge in [-0.05, 0) is 41.5 Å². The predicted octanol–water partition coefficient (Wildman–Crippen LogP) is 5.00. The highest BCUT2D eigenvalue weighted by Crippen LogP contribution is 2.16. The number of halogens is 1. The molecule has 0 saturated heterocycles. The smallest absolute Gasteiger partial charge is 0.271 e. The first-order valence-electron chi connectivity index (χ1n) is 8.59. The standard InChI is InChI=1S/C23H17ClN2O2/c24-21-9-5-4-8-20(21)22(27)15-14-17-10-12-18(13-11-17)16-25-26-23(28)19-6-2-1-3-7-19/h1-16H,(H,26,28)/b15-14+,25-16+. The van der Waals surface area contributed by atoms with E-state index in [1.54, 1.807) is 60.8 Å². The maximum absolute atomic E-state index is 12.2. The summed E-state index contributed by atoms with van der Waals surface area (Å²) >= 11 is 6.03. The fraction of sp³-hybridized carbons (Fsp3) is 0. The van der Waals surface area contributed by atoms with E-state index in [2.05, 4.69) is 10.5 Å². The number of amides is 1. The van der Waals surface area contributed by atoms with Gasteiger partial charge in [0.15, 0.2) is 5.78 Å². The minimum atomic E-state index is -0.269. The van der Waals surface area contributed by atoms with Crippen LogP contribution in [0.25, 0.3) is 6.08 Å². The molecule has 0 atom stereocenters. The van der Waals surface area contributed by atoms with Crippen molar-refractivity contribution in [2.45, 2.75) is 0 Å². The molecule has 0 radical (unpaired) electrons. The van der Waals surface area contributed by atoms with Crippen LogP contribution in [0.5, 0.6) is 0 Å². The largest absolute Gasteiger partial charge is 0.289 e. The fourth-order valence-corrected chi connectivity index (χ4v) is 2.66. The molecule has 0 unspecified atom stereocenters. The second kappa shape index (κ2) is 9.44. The molecule has 3 rings (SSSR count). The van der Waals surface area contributed by atoms with Crippen molar-refractivity contribution >= 4 is 35.6 Å². The zero-order valence-corrected chi connectivity index (χ0v) is 15.6. The van der Waals surface area contributed by atoms with E-state index < -0.39 is 0 Å². The topological polar surface area (TPSA) is 58.5 Å². The van der Waals surface area contributed by atoms with E-state index in [0.717, 1.165) is 11.1 Å². The number of hydrogen-bond donors (Lipinski definition) is 1. The van der Waals surface area contributed by atoms with Crippen LogP contribution in [-0.4, -0.2) is 17.9 Å². The summed E-state index contributed by atoms with van der Waals surface area (Å²) in [6, 6.07) is 23.2. The molecule has 28 heavy (non-hydrogen) atoms. The van der Waals surface area contributed by atoms with Gasteiger partial charge in [-0.1, -0.05) is 72.3 Å². The monoisotopic (exact) mass is 388 g/mol. The van der Waals surface area contributed by atoms with Crippen molar-refractivity contribution in [3.05, 3.63) is 112 Å². The summed E-state index contributed by atoms with van der Waals surface area (Å²) in [5.74, 6) is -0.422. The van der Waals surface area contributed by atoms with Gasteiger partial charge in [-0.2, -0.15) is 5.10 Å². The van der Waals surface area contributed by atoms with Crippen molar-refractivity contribution in [1.82, 2.24) is 5.43 Å². The predicted molar refractivity (Wildman–Crippen MR) is 113 cm³/mol. The van der Waals surface area contributed by atoms with Gasteiger partial charge < -0.3 is 0 Å². The van der Waals surface area contributed by atoms with Gasteiger partial charge in [-0.15, -0.1) is 0 Å². The zero-order valence-electron chi connectivity index (χ0n) is 14.9. The normalized spacial score (nSPS) is 11.0. The highest BCUT2D eigenvalue weighted by molar-refractivity contribution is 6.34. The lowest BCUT2D eigenvalue weighted by Gasteiger charge is -2.00. The fourth-order valence-electron chi connectivity index (χ4n) is 2.44. The first kappa shape index (κ1) is 19.3. The summed E-state index contributed by atoms with van der Waals surface area (Å²) in [4.78, 5) is 24.1. The lowest BCUT2D eigenvalue weighted by Crippen LogP contribution is -2.17. The molecule has 138 valence electrons. The maximum atomic E-state index is 12.2. The van der Waals surface area contributed by atoms with Crippen LogP contribution in [0.15, 0.2) is 90.0 Å². The summed E-state index contributed by atoms with van der Waals surface area (Å²) in [5.41, 5.74) is 5.19. The molecule has 0 aromatic heterocycles. The maximum Gasteiger partial charge on any atom is 0.271 e. The van der Waals surface area contributed by atoms with Gasteiger partial charge in [0.25, 0.3) is 5.91 Å². The van der Waals surface area contributed by atoms with Crippen molar-refractivity contribution < 1.29 is 9.59 Å². The molecular formula is C23H17ClN2O2. The highest BCUT2D eigenvalue weighted by atomic mass is 35.5. The van der Waals surface area contributed by atoms with Gasteiger partial charge in [-0.3, -0.25) is 9.59 Å². The van der Waals surface area contributed by atoms with E-state index in [1.165, 1.54) is 6.08 Å². The third-order valence-corrected chi connectivity index (χ3v) is 4.25. The van der Waals surface area contributed by atoms with Gasteiger partial charge in [-0.25, -0.2) is 5.43 Å². The molecule has 5 heteroatoms. The first-order chi connectivity index (χ1) is 13.6. The number of rotatable bonds is 6. The second-order valence-electron chi connectivity index (χ2n) is 5.91. The Morgan fingerprint density at radius 2 is 1.46 bits per heavy atom. The van der Waals surface area contributed by atoms with Gasteiger partial charge in [0.2, 0.25) is 0 Å². The molecule has 0 saturated carbocycles. The molecule has 3 aromatic carbocycles. The van der Waals surface area contributed by atoms with Crippen LogP contribution in [-0.2, 0) is 0 Å². The molecule has 1 amide bonds. The van der Waals surface area contributed by atoms with Crippen LogP contribution < -0.4 is 5.43 Å². The van der Waals surface area contributed by atoms with Gasteiger partial charge in [0.1, 0.15) is 0 Å². The third kappa shape index (κ3) is 5.25. The zero-order chi connectivity index (χ0) is 19.8. The van der Waals surface area contributed by atoms with Crippen LogP contribution in [0, 0.1) is 0 Å². The van der Waals surface area contributed by atoms with Crippen molar-refractivity contribution in [2.24, 2.45) is 5.10 Å². The minimum Gasteiger partial charge on any atom is -0.289 e. The number of allylic oxidation sites excluding steroid dienone is 1. The molecule has 1 N–H and O–H groups in total. The van der Waals surface area contributed by atoms with E-state index in [4.69, 9.17) is 11.6 Å². The molecule has 0 aliphatic rings. The Labute approximate surface area is 168 Å². The summed E-state index contributed by atoms with van der Waals surface area (Å²) in [7, 11) is 0. The summed E-state index contributed by atoms with van der Waals surface area (Å²) in [6.07, 6.45) is 4.78. The second-order valence-corrected chi connectivity index (χ2v) is 6.32. The van der Waals surface area contributed by atoms with Gasteiger partial charge in [0, 0.05) is 11.1 Å². The number of carbonyl (C=O) groups is 2. The number of hydrazone groups is 1. The quantitative estimate of drug-likeness (QED) is 0.279. The van der Waals surface area contributed by atoms with Crippen LogP contribution in [0.4, 0.5) is 0 Å². The lowest BCUT2D eigenvalue weighted by molar-refractivity contribution is 0.0954. The SMILES string of the molecule is O=C(N/N=C/c1ccc(/C=C/C(=O)c2ccccc2Cl)cc1)c1ccccc1. The van der Waals surface area contributed by atoms with E-state index in [1.807, 2.05) is 30.3 Å². The van der Waals surface area contributed by atoms with E-state index in [9.17, 15) is 9.59 Å². The van der Waals surface area contributed by atoms with Crippen LogP contribution in [0.2, 0.25) is 5.02 Å². The van der Waals surface area contributed by atoms with Crippen molar-refractivity contribution in [1.29, 1.82) is 0 Å². The Bertz CT molecular complexity index is 1030. The summed E-state index contributed by atoms with van der Waals surface area (Å²) in [6.45, 7) is 0. The Morgan fingerprint density at radius 1 is 0.821 bits per heavy atom. The Hall–Kier alpha value is -3.50. The number of carbonyl (C=O) groups excluding carboxylic acids is 2. The molecule has 4 nitrogen and oxygen atoms in total. The lowest BCUT2D eigenvalue weighted by atomic mass is 10.1. The van der Waals surface area contributed by atoms with Crippen LogP contribution in [0.1, 0.15) is 31.8 Å². The molecule has 0 fully saturated rings. The molecule has 0 aliphatic heterocycles. The van der Waals surface area contributed by atoms with Crippen molar-refractivity contribution in [3.8, 4) is 0 Å². The van der Waals surface area contributed by atoms with Crippen LogP contribution >= 0.6 is 11.6 Å². The Kier molecular flexibility index (Phi) is 6.50. The molecule has 3 aromatic rings. The Balaban J connectivity index is 1.58. The Morgan fingerprint density at radius 3 is 2.18 bits per heavy atom. The highest BCUT2D eigenvalue weighted by Gasteiger charge is 2.05. The van der Waals surface area contributed by atoms with E-state index in [-0.39, 0.29) is 11.7 Å². The number of ketones is 1. The average molecular weight is 389 g/mol.